The van der Waals surface area contributed by atoms with Crippen molar-refractivity contribution >= 4 is 10.8 Å². The molecule has 2 N–H and O–H groups in total. The first-order valence-corrected chi connectivity index (χ1v) is 8.38. The smallest absolute Gasteiger partial charge is 0.127 e. The highest BCUT2D eigenvalue weighted by Crippen LogP contribution is 2.25. The predicted octanol–water partition coefficient (Wildman–Crippen LogP) is 2.28. The number of aliphatic hydroxyl groups excluding tert-OH is 2. The Labute approximate surface area is 137 Å². The number of likely N-dealkylation sites (tertiary alicyclic amines) is 1. The summed E-state index contributed by atoms with van der Waals surface area (Å²) in [6, 6.07) is 14.1. The summed E-state index contributed by atoms with van der Waals surface area (Å²) in [5.41, 5.74) is 0. The van der Waals surface area contributed by atoms with E-state index in [1.54, 1.807) is 0 Å². The standard InChI is InChI=1S/C19H25NO3/c21-13-15-8-10-20(11-9-15)12-17(22)14-23-19-7-3-5-16-4-1-2-6-18(16)19/h1-7,15,17,21-22H,8-14H2. The van der Waals surface area contributed by atoms with Gasteiger partial charge in [0.1, 0.15) is 18.5 Å². The summed E-state index contributed by atoms with van der Waals surface area (Å²) in [5.74, 6) is 1.25. The first kappa shape index (κ1) is 16.2. The monoisotopic (exact) mass is 315 g/mol. The summed E-state index contributed by atoms with van der Waals surface area (Å²) in [7, 11) is 0. The van der Waals surface area contributed by atoms with Crippen LogP contribution in [0.5, 0.6) is 5.75 Å². The SMILES string of the molecule is OCC1CCN(CC(O)COc2cccc3ccccc23)CC1. The molecule has 1 atom stereocenters. The Morgan fingerprint density at radius 1 is 1.09 bits per heavy atom. The first-order valence-electron chi connectivity index (χ1n) is 8.38. The van der Waals surface area contributed by atoms with Crippen molar-refractivity contribution in [3.63, 3.8) is 0 Å². The maximum absolute atomic E-state index is 10.2. The van der Waals surface area contributed by atoms with Gasteiger partial charge in [0, 0.05) is 18.5 Å². The van der Waals surface area contributed by atoms with E-state index in [1.807, 2.05) is 30.3 Å². The molecule has 0 aliphatic carbocycles. The fourth-order valence-electron chi connectivity index (χ4n) is 3.21. The molecule has 0 aromatic heterocycles. The van der Waals surface area contributed by atoms with E-state index in [1.165, 1.54) is 0 Å². The minimum absolute atomic E-state index is 0.278. The second-order valence-corrected chi connectivity index (χ2v) is 6.37. The molecule has 1 heterocycles. The Bertz CT molecular complexity index is 618. The topological polar surface area (TPSA) is 52.9 Å². The molecular formula is C19H25NO3. The van der Waals surface area contributed by atoms with Crippen LogP contribution in [0.25, 0.3) is 10.8 Å². The van der Waals surface area contributed by atoms with Crippen LogP contribution in [-0.4, -0.2) is 54.1 Å². The van der Waals surface area contributed by atoms with Crippen molar-refractivity contribution in [2.45, 2.75) is 18.9 Å². The summed E-state index contributed by atoms with van der Waals surface area (Å²) >= 11 is 0. The van der Waals surface area contributed by atoms with Gasteiger partial charge in [0.25, 0.3) is 0 Å². The lowest BCUT2D eigenvalue weighted by molar-refractivity contribution is 0.0492. The Hall–Kier alpha value is -1.62. The van der Waals surface area contributed by atoms with Crippen LogP contribution >= 0.6 is 0 Å². The van der Waals surface area contributed by atoms with Gasteiger partial charge in [-0.25, -0.2) is 0 Å². The van der Waals surface area contributed by atoms with Crippen molar-refractivity contribution in [2.24, 2.45) is 5.92 Å². The van der Waals surface area contributed by atoms with Gasteiger partial charge in [0.05, 0.1) is 0 Å². The highest BCUT2D eigenvalue weighted by atomic mass is 16.5. The average Bonchev–Trinajstić information content (AvgIpc) is 2.60. The molecule has 2 aromatic rings. The molecule has 1 unspecified atom stereocenters. The lowest BCUT2D eigenvalue weighted by Crippen LogP contribution is -2.41. The largest absolute Gasteiger partial charge is 0.490 e. The van der Waals surface area contributed by atoms with Gasteiger partial charge in [-0.3, -0.25) is 0 Å². The van der Waals surface area contributed by atoms with Gasteiger partial charge < -0.3 is 19.8 Å². The molecule has 124 valence electrons. The van der Waals surface area contributed by atoms with Gasteiger partial charge in [-0.2, -0.15) is 0 Å². The van der Waals surface area contributed by atoms with Crippen LogP contribution in [0, 0.1) is 5.92 Å². The lowest BCUT2D eigenvalue weighted by atomic mass is 9.98. The molecule has 3 rings (SSSR count). The minimum atomic E-state index is -0.500. The van der Waals surface area contributed by atoms with Gasteiger partial charge >= 0.3 is 0 Å². The molecule has 0 spiro atoms. The van der Waals surface area contributed by atoms with Crippen molar-refractivity contribution in [3.8, 4) is 5.75 Å². The van der Waals surface area contributed by atoms with Crippen molar-refractivity contribution in [3.05, 3.63) is 42.5 Å². The molecule has 0 saturated carbocycles. The molecule has 0 bridgehead atoms. The van der Waals surface area contributed by atoms with Crippen LogP contribution in [0.15, 0.2) is 42.5 Å². The number of aliphatic hydroxyl groups is 2. The van der Waals surface area contributed by atoms with Crippen molar-refractivity contribution < 1.29 is 14.9 Å². The third kappa shape index (κ3) is 4.22. The number of β-amino-alcohol motifs (C(OH)–C–C–N with tert-alkyl or cyclic N) is 1. The van der Waals surface area contributed by atoms with Crippen molar-refractivity contribution in [1.82, 2.24) is 4.90 Å². The number of nitrogens with zero attached hydrogens (tertiary/aromatic N) is 1. The summed E-state index contributed by atoms with van der Waals surface area (Å²) < 4.78 is 5.85. The van der Waals surface area contributed by atoms with Gasteiger partial charge in [0.15, 0.2) is 0 Å². The molecule has 0 radical (unpaired) electrons. The molecule has 0 amide bonds. The van der Waals surface area contributed by atoms with E-state index in [-0.39, 0.29) is 6.61 Å². The Balaban J connectivity index is 1.51. The maximum atomic E-state index is 10.2. The number of rotatable bonds is 6. The molecule has 4 nitrogen and oxygen atoms in total. The lowest BCUT2D eigenvalue weighted by Gasteiger charge is -2.32. The zero-order chi connectivity index (χ0) is 16.1. The van der Waals surface area contributed by atoms with Crippen molar-refractivity contribution in [1.29, 1.82) is 0 Å². The molecular weight excluding hydrogens is 290 g/mol. The highest BCUT2D eigenvalue weighted by Gasteiger charge is 2.20. The van der Waals surface area contributed by atoms with Gasteiger partial charge in [-0.15, -0.1) is 0 Å². The van der Waals surface area contributed by atoms with Gasteiger partial charge in [0.2, 0.25) is 0 Å². The van der Waals surface area contributed by atoms with Crippen LogP contribution < -0.4 is 4.74 Å². The van der Waals surface area contributed by atoms with E-state index >= 15 is 0 Å². The number of fused-ring (bicyclic) bond motifs is 1. The van der Waals surface area contributed by atoms with Crippen LogP contribution in [0.1, 0.15) is 12.8 Å². The molecule has 23 heavy (non-hydrogen) atoms. The second kappa shape index (κ2) is 7.77. The number of ether oxygens (including phenoxy) is 1. The molecule has 1 saturated heterocycles. The van der Waals surface area contributed by atoms with Gasteiger partial charge in [-0.05, 0) is 43.3 Å². The molecule has 1 aliphatic rings. The first-order chi connectivity index (χ1) is 11.3. The van der Waals surface area contributed by atoms with Crippen LogP contribution in [-0.2, 0) is 0 Å². The number of piperidine rings is 1. The maximum Gasteiger partial charge on any atom is 0.127 e. The molecule has 1 fully saturated rings. The minimum Gasteiger partial charge on any atom is -0.490 e. The average molecular weight is 315 g/mol. The molecule has 2 aromatic carbocycles. The van der Waals surface area contributed by atoms with E-state index in [0.717, 1.165) is 42.5 Å². The van der Waals surface area contributed by atoms with Crippen LogP contribution in [0.2, 0.25) is 0 Å². The van der Waals surface area contributed by atoms with Crippen LogP contribution in [0.4, 0.5) is 0 Å². The summed E-state index contributed by atoms with van der Waals surface area (Å²) in [4.78, 5) is 2.25. The zero-order valence-corrected chi connectivity index (χ0v) is 13.4. The van der Waals surface area contributed by atoms with E-state index < -0.39 is 6.10 Å². The third-order valence-corrected chi connectivity index (χ3v) is 4.62. The molecule has 1 aliphatic heterocycles. The van der Waals surface area contributed by atoms with Crippen LogP contribution in [0.3, 0.4) is 0 Å². The fraction of sp³-hybridized carbons (Fsp3) is 0.474. The zero-order valence-electron chi connectivity index (χ0n) is 13.4. The normalized spacial score (nSPS) is 18.2. The summed E-state index contributed by atoms with van der Waals surface area (Å²) in [6.07, 6.45) is 1.51. The van der Waals surface area contributed by atoms with E-state index in [0.29, 0.717) is 19.1 Å². The van der Waals surface area contributed by atoms with E-state index in [9.17, 15) is 5.11 Å². The van der Waals surface area contributed by atoms with E-state index in [4.69, 9.17) is 9.84 Å². The predicted molar refractivity (Wildman–Crippen MR) is 91.7 cm³/mol. The third-order valence-electron chi connectivity index (χ3n) is 4.62. The Morgan fingerprint density at radius 3 is 2.61 bits per heavy atom. The van der Waals surface area contributed by atoms with E-state index in [2.05, 4.69) is 17.0 Å². The Morgan fingerprint density at radius 2 is 1.83 bits per heavy atom. The quantitative estimate of drug-likeness (QED) is 0.859. The number of hydrogen-bond donors (Lipinski definition) is 2. The Kier molecular flexibility index (Phi) is 5.49. The van der Waals surface area contributed by atoms with Crippen molar-refractivity contribution in [2.75, 3.05) is 32.8 Å². The summed E-state index contributed by atoms with van der Waals surface area (Å²) in [5, 5.41) is 21.6. The molecule has 4 heteroatoms. The van der Waals surface area contributed by atoms with Gasteiger partial charge in [-0.1, -0.05) is 36.4 Å². The number of hydrogen-bond acceptors (Lipinski definition) is 4. The number of benzene rings is 2. The fourth-order valence-corrected chi connectivity index (χ4v) is 3.21. The highest BCUT2D eigenvalue weighted by molar-refractivity contribution is 5.88. The summed E-state index contributed by atoms with van der Waals surface area (Å²) in [6.45, 7) is 3.09. The second-order valence-electron chi connectivity index (χ2n) is 6.37.